The molecular formula is C34H45Br2ClN2O2. The summed E-state index contributed by atoms with van der Waals surface area (Å²) < 4.78 is 2.21. The topological polar surface area (TPSA) is 40.6 Å². The summed E-state index contributed by atoms with van der Waals surface area (Å²) in [6.45, 7) is 9.43. The Kier molecular flexibility index (Phi) is 12.2. The molecule has 1 unspecified atom stereocenters. The van der Waals surface area contributed by atoms with Gasteiger partial charge in [-0.15, -0.1) is 0 Å². The van der Waals surface area contributed by atoms with Crippen LogP contribution in [0.4, 0.5) is 0 Å². The summed E-state index contributed by atoms with van der Waals surface area (Å²) in [5.41, 5.74) is 5.57. The first kappa shape index (κ1) is 32.5. The van der Waals surface area contributed by atoms with E-state index < -0.39 is 0 Å². The van der Waals surface area contributed by atoms with Crippen molar-refractivity contribution in [1.82, 2.24) is 9.80 Å². The van der Waals surface area contributed by atoms with Crippen molar-refractivity contribution < 1.29 is 9.59 Å². The number of nitrogens with zero attached hydrogens (tertiary/aromatic N) is 2. The average Bonchev–Trinajstić information content (AvgIpc) is 3.12. The highest BCUT2D eigenvalue weighted by atomic mass is 79.9. The molecule has 0 saturated carbocycles. The van der Waals surface area contributed by atoms with Crippen LogP contribution in [0.1, 0.15) is 95.6 Å². The smallest absolute Gasteiger partial charge is 0.222 e. The van der Waals surface area contributed by atoms with E-state index in [1.54, 1.807) is 0 Å². The molecule has 7 heteroatoms. The maximum Gasteiger partial charge on any atom is 0.222 e. The predicted octanol–water partition coefficient (Wildman–Crippen LogP) is 9.36. The molecule has 0 bridgehead atoms. The molecule has 1 aliphatic carbocycles. The summed E-state index contributed by atoms with van der Waals surface area (Å²) >= 11 is 14.2. The number of rotatable bonds is 7. The monoisotopic (exact) mass is 706 g/mol. The Hall–Kier alpha value is -1.37. The third kappa shape index (κ3) is 8.17. The summed E-state index contributed by atoms with van der Waals surface area (Å²) in [6.07, 6.45) is 16.1. The number of likely N-dealkylation sites (tertiary alicyclic amines) is 2. The molecular weight excluding hydrogens is 664 g/mol. The van der Waals surface area contributed by atoms with Gasteiger partial charge in [-0.3, -0.25) is 9.59 Å². The summed E-state index contributed by atoms with van der Waals surface area (Å²) in [7, 11) is 0. The van der Waals surface area contributed by atoms with Crippen LogP contribution < -0.4 is 0 Å². The first-order chi connectivity index (χ1) is 19.7. The number of carbonyl (C=O) groups excluding carboxylic acids is 2. The first-order valence-corrected chi connectivity index (χ1v) is 17.5. The third-order valence-corrected chi connectivity index (χ3v) is 10.8. The zero-order valence-electron chi connectivity index (χ0n) is 24.9. The molecule has 1 aromatic rings. The molecule has 2 aliphatic heterocycles. The van der Waals surface area contributed by atoms with Gasteiger partial charge >= 0.3 is 0 Å². The van der Waals surface area contributed by atoms with Gasteiger partial charge in [-0.2, -0.15) is 0 Å². The fourth-order valence-corrected chi connectivity index (χ4v) is 8.28. The lowest BCUT2D eigenvalue weighted by Crippen LogP contribution is -2.42. The highest BCUT2D eigenvalue weighted by Crippen LogP contribution is 2.49. The van der Waals surface area contributed by atoms with Crippen LogP contribution in [-0.2, 0) is 16.0 Å². The van der Waals surface area contributed by atoms with Crippen molar-refractivity contribution in [2.24, 2.45) is 11.8 Å². The van der Waals surface area contributed by atoms with Gasteiger partial charge in [0.1, 0.15) is 0 Å². The van der Waals surface area contributed by atoms with Gasteiger partial charge in [0, 0.05) is 58.9 Å². The molecule has 2 amide bonds. The van der Waals surface area contributed by atoms with Crippen molar-refractivity contribution >= 4 is 55.3 Å². The van der Waals surface area contributed by atoms with Crippen molar-refractivity contribution in [2.45, 2.75) is 90.9 Å². The Balaban J connectivity index is 1.53. The molecule has 0 N–H and O–H groups in total. The standard InChI is InChI=1S/C34H45Br2ClN2O2/c1-4-7-8-29-25(20-27(35)5-2)9-10-26-21-28(37)22-30(36)34(26)33(29)24-13-17-39(18-14-24)32(41)19-23-11-15-38(16-12-23)31(40)6-3/h5,8,20-24,33H,4,6-7,9-19H2,1-3H3/b25-20-,27-5+,29-8-. The molecule has 2 saturated heterocycles. The minimum atomic E-state index is 0.231. The first-order valence-electron chi connectivity index (χ1n) is 15.5. The largest absolute Gasteiger partial charge is 0.343 e. The van der Waals surface area contributed by atoms with Gasteiger partial charge in [-0.1, -0.05) is 75.9 Å². The van der Waals surface area contributed by atoms with Crippen molar-refractivity contribution in [1.29, 1.82) is 0 Å². The predicted molar refractivity (Wildman–Crippen MR) is 177 cm³/mol. The van der Waals surface area contributed by atoms with Crippen LogP contribution in [0.25, 0.3) is 0 Å². The number of allylic oxidation sites excluding steroid dienone is 6. The van der Waals surface area contributed by atoms with Crippen LogP contribution >= 0.6 is 43.5 Å². The maximum atomic E-state index is 13.4. The van der Waals surface area contributed by atoms with E-state index in [1.165, 1.54) is 22.3 Å². The van der Waals surface area contributed by atoms with Gasteiger partial charge in [-0.05, 0) is 104 Å². The molecule has 4 nitrogen and oxygen atoms in total. The van der Waals surface area contributed by atoms with Gasteiger partial charge in [0.2, 0.25) is 11.8 Å². The summed E-state index contributed by atoms with van der Waals surface area (Å²) in [6, 6.07) is 4.22. The molecule has 4 rings (SSSR count). The number of hydrogen-bond donors (Lipinski definition) is 0. The van der Waals surface area contributed by atoms with Crippen LogP contribution in [0.15, 0.2) is 50.5 Å². The molecule has 2 heterocycles. The van der Waals surface area contributed by atoms with Gasteiger partial charge in [0.15, 0.2) is 0 Å². The number of fused-ring (bicyclic) bond motifs is 1. The fourth-order valence-electron chi connectivity index (χ4n) is 6.88. The molecule has 41 heavy (non-hydrogen) atoms. The molecule has 1 atom stereocenters. The van der Waals surface area contributed by atoms with Gasteiger partial charge in [0.05, 0.1) is 0 Å². The lowest BCUT2D eigenvalue weighted by molar-refractivity contribution is -0.135. The van der Waals surface area contributed by atoms with Crippen LogP contribution in [-0.4, -0.2) is 47.8 Å². The molecule has 2 fully saturated rings. The Morgan fingerprint density at radius 1 is 1.00 bits per heavy atom. The minimum Gasteiger partial charge on any atom is -0.343 e. The Bertz CT molecular complexity index is 1190. The second-order valence-corrected chi connectivity index (χ2v) is 14.0. The van der Waals surface area contributed by atoms with E-state index in [0.717, 1.165) is 91.5 Å². The van der Waals surface area contributed by atoms with Gasteiger partial charge < -0.3 is 9.80 Å². The molecule has 0 radical (unpaired) electrons. The number of piperidine rings is 2. The Morgan fingerprint density at radius 2 is 1.66 bits per heavy atom. The second-order valence-electron chi connectivity index (χ2n) is 11.8. The number of aryl methyl sites for hydroxylation is 1. The van der Waals surface area contributed by atoms with E-state index in [1.807, 2.05) is 11.8 Å². The molecule has 3 aliphatic rings. The molecule has 0 spiro atoms. The average molecular weight is 709 g/mol. The van der Waals surface area contributed by atoms with E-state index in [-0.39, 0.29) is 17.7 Å². The van der Waals surface area contributed by atoms with Crippen LogP contribution in [0.3, 0.4) is 0 Å². The molecule has 1 aromatic carbocycles. The number of unbranched alkanes of at least 4 members (excludes halogenated alkanes) is 1. The van der Waals surface area contributed by atoms with Crippen molar-refractivity contribution in [2.75, 3.05) is 26.2 Å². The van der Waals surface area contributed by atoms with Crippen LogP contribution in [0.5, 0.6) is 0 Å². The minimum absolute atomic E-state index is 0.231. The van der Waals surface area contributed by atoms with E-state index in [0.29, 0.717) is 24.7 Å². The van der Waals surface area contributed by atoms with Gasteiger partial charge in [-0.25, -0.2) is 0 Å². The zero-order chi connectivity index (χ0) is 29.5. The van der Waals surface area contributed by atoms with Crippen molar-refractivity contribution in [3.63, 3.8) is 0 Å². The Morgan fingerprint density at radius 3 is 2.29 bits per heavy atom. The number of benzene rings is 1. The van der Waals surface area contributed by atoms with E-state index in [9.17, 15) is 9.59 Å². The lowest BCUT2D eigenvalue weighted by Gasteiger charge is -2.39. The van der Waals surface area contributed by atoms with E-state index in [4.69, 9.17) is 11.6 Å². The summed E-state index contributed by atoms with van der Waals surface area (Å²) in [4.78, 5) is 29.5. The SMILES string of the molecule is C\C=C(Br)/C=C1/CCc2cc(Cl)cc(Br)c2C(C2CCN(C(=O)CC3CCN(C(=O)CC)CC3)CC2)/C1=C\CCC. The number of hydrogen-bond acceptors (Lipinski definition) is 2. The molecule has 0 aromatic heterocycles. The number of halogens is 3. The summed E-state index contributed by atoms with van der Waals surface area (Å²) in [5.74, 6) is 1.63. The normalized spacial score (nSPS) is 23.2. The summed E-state index contributed by atoms with van der Waals surface area (Å²) in [5, 5.41) is 0.779. The Labute approximate surface area is 268 Å². The van der Waals surface area contributed by atoms with Crippen LogP contribution in [0.2, 0.25) is 5.02 Å². The maximum absolute atomic E-state index is 13.4. The lowest BCUT2D eigenvalue weighted by atomic mass is 9.73. The third-order valence-electron chi connectivity index (χ3n) is 9.20. The number of amides is 2. The highest BCUT2D eigenvalue weighted by Gasteiger charge is 2.37. The van der Waals surface area contributed by atoms with E-state index >= 15 is 0 Å². The van der Waals surface area contributed by atoms with Gasteiger partial charge in [0.25, 0.3) is 0 Å². The molecule has 224 valence electrons. The second kappa shape index (κ2) is 15.4. The van der Waals surface area contributed by atoms with E-state index in [2.05, 4.69) is 81.0 Å². The van der Waals surface area contributed by atoms with Crippen molar-refractivity contribution in [3.8, 4) is 0 Å². The zero-order valence-corrected chi connectivity index (χ0v) is 28.8. The fraction of sp³-hybridized carbons (Fsp3) is 0.588. The number of carbonyl (C=O) groups is 2. The quantitative estimate of drug-likeness (QED) is 0.265. The van der Waals surface area contributed by atoms with Crippen molar-refractivity contribution in [3.05, 3.63) is 66.6 Å². The van der Waals surface area contributed by atoms with Crippen LogP contribution in [0, 0.1) is 11.8 Å². The highest BCUT2D eigenvalue weighted by molar-refractivity contribution is 9.12.